The second-order valence-electron chi connectivity index (χ2n) is 6.56. The fourth-order valence-electron chi connectivity index (χ4n) is 3.07. The van der Waals surface area contributed by atoms with Crippen molar-refractivity contribution in [1.29, 1.82) is 0 Å². The van der Waals surface area contributed by atoms with Crippen LogP contribution in [0, 0.1) is 0 Å². The molecule has 0 amide bonds. The third kappa shape index (κ3) is 4.26. The van der Waals surface area contributed by atoms with Crippen molar-refractivity contribution in [1.82, 2.24) is 0 Å². The smallest absolute Gasteiger partial charge is 0.162 e. The number of fused-ring (bicyclic) bond motifs is 1. The molecule has 0 aliphatic heterocycles. The molecule has 0 aromatic heterocycles. The lowest BCUT2D eigenvalue weighted by molar-refractivity contribution is 0.285. The van der Waals surface area contributed by atoms with Gasteiger partial charge in [-0.3, -0.25) is 0 Å². The van der Waals surface area contributed by atoms with Crippen LogP contribution in [0.15, 0.2) is 91.0 Å². The average Bonchev–Trinajstić information content (AvgIpc) is 2.77. The Kier molecular flexibility index (Phi) is 5.43. The summed E-state index contributed by atoms with van der Waals surface area (Å²) in [6.07, 6.45) is 0. The largest absolute Gasteiger partial charge is 0.493 e. The molecule has 0 fully saturated rings. The van der Waals surface area contributed by atoms with Crippen LogP contribution in [-0.2, 0) is 13.2 Å². The summed E-state index contributed by atoms with van der Waals surface area (Å²) in [6.45, 7) is 1.03. The molecule has 0 atom stereocenters. The third-order valence-corrected chi connectivity index (χ3v) is 4.58. The molecule has 3 nitrogen and oxygen atoms in total. The zero-order chi connectivity index (χ0) is 19.2. The molecule has 0 N–H and O–H groups in total. The number of benzene rings is 4. The molecule has 140 valence electrons. The Balaban J connectivity index is 1.55. The molecule has 4 rings (SSSR count). The number of ether oxygens (including phenoxy) is 3. The lowest BCUT2D eigenvalue weighted by Crippen LogP contribution is -1.98. The molecule has 0 radical (unpaired) electrons. The van der Waals surface area contributed by atoms with E-state index in [1.54, 1.807) is 7.11 Å². The predicted molar refractivity (Wildman–Crippen MR) is 112 cm³/mol. The number of methoxy groups -OCH3 is 1. The van der Waals surface area contributed by atoms with E-state index in [4.69, 9.17) is 14.2 Å². The topological polar surface area (TPSA) is 27.7 Å². The maximum absolute atomic E-state index is 6.03. The van der Waals surface area contributed by atoms with E-state index in [2.05, 4.69) is 12.1 Å². The molecule has 0 unspecified atom stereocenters. The van der Waals surface area contributed by atoms with Gasteiger partial charge in [0.05, 0.1) is 7.11 Å². The van der Waals surface area contributed by atoms with Crippen LogP contribution in [-0.4, -0.2) is 7.11 Å². The molecule has 3 heteroatoms. The molecule has 0 aliphatic carbocycles. The minimum absolute atomic E-state index is 0.493. The van der Waals surface area contributed by atoms with Crippen LogP contribution in [0.3, 0.4) is 0 Å². The SMILES string of the molecule is COc1cc2ccc(OCc3ccccc3)cc2cc1OCc1ccccc1. The van der Waals surface area contributed by atoms with Crippen molar-refractivity contribution >= 4 is 10.8 Å². The fourth-order valence-corrected chi connectivity index (χ4v) is 3.07. The van der Waals surface area contributed by atoms with E-state index < -0.39 is 0 Å². The molecule has 0 aliphatic rings. The van der Waals surface area contributed by atoms with Crippen LogP contribution in [0.2, 0.25) is 0 Å². The summed E-state index contributed by atoms with van der Waals surface area (Å²) in [5.41, 5.74) is 2.26. The van der Waals surface area contributed by atoms with Gasteiger partial charge >= 0.3 is 0 Å². The van der Waals surface area contributed by atoms with E-state index in [1.165, 1.54) is 0 Å². The fraction of sp³-hybridized carbons (Fsp3) is 0.120. The van der Waals surface area contributed by atoms with Crippen LogP contribution in [0.4, 0.5) is 0 Å². The van der Waals surface area contributed by atoms with E-state index in [9.17, 15) is 0 Å². The Morgan fingerprint density at radius 2 is 1.18 bits per heavy atom. The summed E-state index contributed by atoms with van der Waals surface area (Å²) >= 11 is 0. The van der Waals surface area contributed by atoms with Crippen LogP contribution in [0.25, 0.3) is 10.8 Å². The van der Waals surface area contributed by atoms with Gasteiger partial charge in [0, 0.05) is 0 Å². The Morgan fingerprint density at radius 3 is 1.82 bits per heavy atom. The second-order valence-corrected chi connectivity index (χ2v) is 6.56. The zero-order valence-corrected chi connectivity index (χ0v) is 15.8. The first-order valence-electron chi connectivity index (χ1n) is 9.27. The maximum Gasteiger partial charge on any atom is 0.162 e. The molecule has 28 heavy (non-hydrogen) atoms. The van der Waals surface area contributed by atoms with E-state index in [-0.39, 0.29) is 0 Å². The van der Waals surface area contributed by atoms with Crippen molar-refractivity contribution in [2.45, 2.75) is 13.2 Å². The Bertz CT molecular complexity index is 1040. The highest BCUT2D eigenvalue weighted by Crippen LogP contribution is 2.34. The van der Waals surface area contributed by atoms with Crippen LogP contribution in [0.5, 0.6) is 17.2 Å². The van der Waals surface area contributed by atoms with Crippen molar-refractivity contribution in [3.8, 4) is 17.2 Å². The van der Waals surface area contributed by atoms with Crippen LogP contribution in [0.1, 0.15) is 11.1 Å². The molecule has 4 aromatic carbocycles. The van der Waals surface area contributed by atoms with Gasteiger partial charge in [0.1, 0.15) is 19.0 Å². The highest BCUT2D eigenvalue weighted by molar-refractivity contribution is 5.87. The summed E-state index contributed by atoms with van der Waals surface area (Å²) in [5.74, 6) is 2.27. The third-order valence-electron chi connectivity index (χ3n) is 4.58. The van der Waals surface area contributed by atoms with E-state index in [0.717, 1.165) is 39.1 Å². The maximum atomic E-state index is 6.03. The molecule has 0 bridgehead atoms. The van der Waals surface area contributed by atoms with Crippen LogP contribution >= 0.6 is 0 Å². The van der Waals surface area contributed by atoms with E-state index >= 15 is 0 Å². The van der Waals surface area contributed by atoms with Crippen molar-refractivity contribution in [3.63, 3.8) is 0 Å². The summed E-state index contributed by atoms with van der Waals surface area (Å²) in [4.78, 5) is 0. The monoisotopic (exact) mass is 370 g/mol. The predicted octanol–water partition coefficient (Wildman–Crippen LogP) is 6.01. The van der Waals surface area contributed by atoms with Gasteiger partial charge in [0.15, 0.2) is 11.5 Å². The molecule has 0 spiro atoms. The molecule has 4 aromatic rings. The Hall–Kier alpha value is -3.46. The van der Waals surface area contributed by atoms with Crippen LogP contribution < -0.4 is 14.2 Å². The summed E-state index contributed by atoms with van der Waals surface area (Å²) in [7, 11) is 1.66. The molecular weight excluding hydrogens is 348 g/mol. The highest BCUT2D eigenvalue weighted by Gasteiger charge is 2.09. The number of rotatable bonds is 7. The van der Waals surface area contributed by atoms with Gasteiger partial charge in [-0.2, -0.15) is 0 Å². The summed E-state index contributed by atoms with van der Waals surface area (Å²) < 4.78 is 17.5. The zero-order valence-electron chi connectivity index (χ0n) is 15.8. The van der Waals surface area contributed by atoms with E-state index in [1.807, 2.05) is 78.9 Å². The highest BCUT2D eigenvalue weighted by atomic mass is 16.5. The van der Waals surface area contributed by atoms with E-state index in [0.29, 0.717) is 13.2 Å². The summed E-state index contributed by atoms with van der Waals surface area (Å²) in [5, 5.41) is 2.13. The molecule has 0 saturated heterocycles. The minimum atomic E-state index is 0.493. The van der Waals surface area contributed by atoms with Crippen molar-refractivity contribution in [3.05, 3.63) is 102 Å². The van der Waals surface area contributed by atoms with Gasteiger partial charge in [-0.05, 0) is 46.2 Å². The normalized spacial score (nSPS) is 10.6. The first-order chi connectivity index (χ1) is 13.8. The van der Waals surface area contributed by atoms with Crippen molar-refractivity contribution < 1.29 is 14.2 Å². The van der Waals surface area contributed by atoms with Gasteiger partial charge in [0.2, 0.25) is 0 Å². The Labute approximate surface area is 165 Å². The second kappa shape index (κ2) is 8.49. The number of hydrogen-bond donors (Lipinski definition) is 0. The Morgan fingerprint density at radius 1 is 0.571 bits per heavy atom. The standard InChI is InChI=1S/C25H22O3/c1-26-24-15-21-12-13-23(27-17-19-8-4-2-5-9-19)14-22(21)16-25(24)28-18-20-10-6-3-7-11-20/h2-16H,17-18H2,1H3. The molecular formula is C25H22O3. The minimum Gasteiger partial charge on any atom is -0.493 e. The molecule has 0 saturated carbocycles. The van der Waals surface area contributed by atoms with Gasteiger partial charge in [0.25, 0.3) is 0 Å². The first kappa shape index (κ1) is 17.9. The first-order valence-corrected chi connectivity index (χ1v) is 9.27. The lowest BCUT2D eigenvalue weighted by Gasteiger charge is -2.13. The van der Waals surface area contributed by atoms with Gasteiger partial charge < -0.3 is 14.2 Å². The van der Waals surface area contributed by atoms with Gasteiger partial charge in [-0.25, -0.2) is 0 Å². The van der Waals surface area contributed by atoms with Gasteiger partial charge in [-0.15, -0.1) is 0 Å². The quantitative estimate of drug-likeness (QED) is 0.399. The van der Waals surface area contributed by atoms with Crippen molar-refractivity contribution in [2.75, 3.05) is 7.11 Å². The number of hydrogen-bond acceptors (Lipinski definition) is 3. The average molecular weight is 370 g/mol. The van der Waals surface area contributed by atoms with Crippen molar-refractivity contribution in [2.24, 2.45) is 0 Å². The molecule has 0 heterocycles. The lowest BCUT2D eigenvalue weighted by atomic mass is 10.1. The summed E-state index contributed by atoms with van der Waals surface area (Å²) in [6, 6.07) is 30.3. The van der Waals surface area contributed by atoms with Gasteiger partial charge in [-0.1, -0.05) is 66.7 Å².